The Kier molecular flexibility index (Phi) is 11.1. The van der Waals surface area contributed by atoms with Gasteiger partial charge in [0.1, 0.15) is 28.6 Å². The van der Waals surface area contributed by atoms with Crippen LogP contribution >= 0.6 is 0 Å². The quantitative estimate of drug-likeness (QED) is 0.0903. The molecule has 63 heavy (non-hydrogen) atoms. The van der Waals surface area contributed by atoms with Gasteiger partial charge in [-0.05, 0) is 122 Å². The molecule has 2 aromatic carbocycles. The van der Waals surface area contributed by atoms with Gasteiger partial charge < -0.3 is 44.9 Å². The molecule has 0 unspecified atom stereocenters. The van der Waals surface area contributed by atoms with E-state index in [-0.39, 0.29) is 103 Å². The molecule has 340 valence electrons. The van der Waals surface area contributed by atoms with Gasteiger partial charge in [-0.25, -0.2) is 0 Å². The van der Waals surface area contributed by atoms with Gasteiger partial charge in [-0.2, -0.15) is 0 Å². The number of ketones is 1. The molecule has 0 bridgehead atoms. The fraction of sp³-hybridized carbons (Fsp3) is 0.571. The van der Waals surface area contributed by atoms with Gasteiger partial charge in [-0.1, -0.05) is 47.1 Å². The van der Waals surface area contributed by atoms with Crippen molar-refractivity contribution in [2.45, 2.75) is 125 Å². The smallest absolute Gasteiger partial charge is 0.309 e. The molecule has 5 aliphatic rings. The number of hydrogen-bond acceptors (Lipinski definition) is 12. The second-order valence-corrected chi connectivity index (χ2v) is 20.9. The molecule has 14 heteroatoms. The third kappa shape index (κ3) is 7.21. The number of esters is 1. The number of carboxylic acids is 2. The van der Waals surface area contributed by atoms with Crippen LogP contribution in [0.5, 0.6) is 28.7 Å². The van der Waals surface area contributed by atoms with Gasteiger partial charge in [0.05, 0.1) is 18.3 Å². The Morgan fingerprint density at radius 1 is 0.778 bits per heavy atom. The van der Waals surface area contributed by atoms with Crippen LogP contribution in [-0.4, -0.2) is 65.5 Å². The number of carbonyl (C=O) groups excluding carboxylic acids is 2. The normalized spacial score (nSPS) is 34.1. The lowest BCUT2D eigenvalue weighted by Crippen LogP contribution is -2.66. The highest BCUT2D eigenvalue weighted by molar-refractivity contribution is 5.96. The highest BCUT2D eigenvalue weighted by atomic mass is 16.5. The van der Waals surface area contributed by atoms with Crippen LogP contribution in [0.4, 0.5) is 0 Å². The summed E-state index contributed by atoms with van der Waals surface area (Å²) in [4.78, 5) is 62.4. The average molecular weight is 873 g/mol. The molecule has 5 aliphatic carbocycles. The lowest BCUT2D eigenvalue weighted by atomic mass is 9.33. The summed E-state index contributed by atoms with van der Waals surface area (Å²) in [6, 6.07) is 5.64. The fourth-order valence-corrected chi connectivity index (χ4v) is 13.1. The minimum absolute atomic E-state index is 0.0233. The largest absolute Gasteiger partial charge is 0.508 e. The second kappa shape index (κ2) is 15.3. The zero-order chi connectivity index (χ0) is 46.4. The summed E-state index contributed by atoms with van der Waals surface area (Å²) in [6.45, 7) is 15.5. The Hall–Kier alpha value is -5.53. The molecule has 14 nitrogen and oxygen atoms in total. The Morgan fingerprint density at radius 2 is 1.46 bits per heavy atom. The Morgan fingerprint density at radius 3 is 2.11 bits per heavy atom. The zero-order valence-corrected chi connectivity index (χ0v) is 37.0. The third-order valence-corrected chi connectivity index (χ3v) is 17.0. The second-order valence-electron chi connectivity index (χ2n) is 20.9. The summed E-state index contributed by atoms with van der Waals surface area (Å²) in [6.07, 6.45) is 8.80. The van der Waals surface area contributed by atoms with Gasteiger partial charge >= 0.3 is 17.9 Å². The van der Waals surface area contributed by atoms with Crippen molar-refractivity contribution < 1.29 is 64.1 Å². The Labute approximate surface area is 365 Å². The summed E-state index contributed by atoms with van der Waals surface area (Å²) in [7, 11) is 0. The van der Waals surface area contributed by atoms with Gasteiger partial charge in [-0.15, -0.1) is 0 Å². The first-order valence-corrected chi connectivity index (χ1v) is 21.9. The lowest BCUT2D eigenvalue weighted by molar-refractivity contribution is -0.211. The summed E-state index contributed by atoms with van der Waals surface area (Å²) in [5.41, 5.74) is -1.44. The highest BCUT2D eigenvalue weighted by Crippen LogP contribution is 2.75. The van der Waals surface area contributed by atoms with Gasteiger partial charge in [0, 0.05) is 29.0 Å². The number of aliphatic carboxylic acids is 2. The van der Waals surface area contributed by atoms with E-state index in [0.29, 0.717) is 19.3 Å². The van der Waals surface area contributed by atoms with Crippen LogP contribution in [0, 0.1) is 50.2 Å². The van der Waals surface area contributed by atoms with Crippen molar-refractivity contribution in [2.24, 2.45) is 50.2 Å². The molecule has 9 atom stereocenters. The van der Waals surface area contributed by atoms with E-state index in [1.165, 1.54) is 11.6 Å². The standard InChI is InChI=1S/C34H50O7.C15H10O7/c1-29(2)23-10-13-34(7)27(32(23,5)12-11-24(29)41-26(38)9-8-25(36)37)22(35)18-20-21-19-31(4,28(39)40)15-14-30(21,3)16-17-33(20,34)6;16-7-4-10(19)12-11(5-7)22-15(14(21)13(12)20)6-1-2-8(17)9(18)3-6/h18,21,23-24,27H,8-17,19H2,1-7H3,(H,36,37)(H,39,40);1-5,16-19,21H/t21-,23-,24-,27+,30+,31-,32-,33+,34+;/m0./s1. The molecule has 0 amide bonds. The van der Waals surface area contributed by atoms with E-state index in [1.54, 1.807) is 0 Å². The van der Waals surface area contributed by atoms with Crippen molar-refractivity contribution >= 4 is 34.7 Å². The number of fused-ring (bicyclic) bond motifs is 8. The minimum atomic E-state index is -1.01. The first-order chi connectivity index (χ1) is 29.2. The molecular weight excluding hydrogens is 813 g/mol. The molecule has 0 radical (unpaired) electrons. The summed E-state index contributed by atoms with van der Waals surface area (Å²) in [5.74, 6) is -4.58. The predicted octanol–water partition coefficient (Wildman–Crippen LogP) is 8.82. The van der Waals surface area contributed by atoms with Crippen LogP contribution in [0.3, 0.4) is 0 Å². The van der Waals surface area contributed by atoms with Crippen molar-refractivity contribution in [2.75, 3.05) is 0 Å². The third-order valence-electron chi connectivity index (χ3n) is 17.0. The van der Waals surface area contributed by atoms with E-state index < -0.39 is 46.0 Å². The monoisotopic (exact) mass is 872 g/mol. The van der Waals surface area contributed by atoms with Gasteiger partial charge in [0.15, 0.2) is 23.0 Å². The Balaban J connectivity index is 0.000000227. The van der Waals surface area contributed by atoms with Crippen LogP contribution in [0.2, 0.25) is 0 Å². The van der Waals surface area contributed by atoms with Crippen LogP contribution in [-0.2, 0) is 23.9 Å². The number of benzene rings is 2. The van der Waals surface area contributed by atoms with Gasteiger partial charge in [0.2, 0.25) is 11.2 Å². The number of carboxylic acid groups (broad SMARTS) is 2. The summed E-state index contributed by atoms with van der Waals surface area (Å²) < 4.78 is 11.3. The molecule has 7 N–H and O–H groups in total. The number of allylic oxidation sites excluding steroid dienone is 2. The first-order valence-electron chi connectivity index (χ1n) is 21.9. The van der Waals surface area contributed by atoms with E-state index >= 15 is 0 Å². The zero-order valence-electron chi connectivity index (χ0n) is 37.0. The predicted molar refractivity (Wildman–Crippen MR) is 230 cm³/mol. The van der Waals surface area contributed by atoms with Crippen LogP contribution in [0.25, 0.3) is 22.3 Å². The number of phenols is 4. The Bertz CT molecular complexity index is 2500. The molecule has 8 rings (SSSR count). The number of ether oxygens (including phenoxy) is 1. The van der Waals surface area contributed by atoms with Gasteiger partial charge in [0.25, 0.3) is 0 Å². The molecule has 0 saturated heterocycles. The summed E-state index contributed by atoms with van der Waals surface area (Å²) in [5, 5.41) is 66.7. The average Bonchev–Trinajstić information content (AvgIpc) is 3.19. The molecule has 3 aromatic rings. The van der Waals surface area contributed by atoms with E-state index in [0.717, 1.165) is 62.8 Å². The molecule has 4 saturated carbocycles. The van der Waals surface area contributed by atoms with Crippen molar-refractivity contribution in [3.8, 4) is 40.1 Å². The van der Waals surface area contributed by atoms with Crippen molar-refractivity contribution in [3.05, 3.63) is 52.2 Å². The first kappa shape index (κ1) is 45.5. The maximum atomic E-state index is 14.5. The van der Waals surface area contributed by atoms with E-state index in [1.807, 2.05) is 13.0 Å². The molecule has 1 aromatic heterocycles. The molecule has 4 fully saturated rings. The van der Waals surface area contributed by atoms with Crippen molar-refractivity contribution in [1.82, 2.24) is 0 Å². The number of carbonyl (C=O) groups is 4. The number of rotatable bonds is 6. The fourth-order valence-electron chi connectivity index (χ4n) is 13.1. The molecule has 0 spiro atoms. The summed E-state index contributed by atoms with van der Waals surface area (Å²) >= 11 is 0. The van der Waals surface area contributed by atoms with Crippen molar-refractivity contribution in [3.63, 3.8) is 0 Å². The highest BCUT2D eigenvalue weighted by Gasteiger charge is 2.70. The number of aromatic hydroxyl groups is 5. The van der Waals surface area contributed by atoms with Crippen molar-refractivity contribution in [1.29, 1.82) is 0 Å². The lowest BCUT2D eigenvalue weighted by Gasteiger charge is -2.70. The van der Waals surface area contributed by atoms with E-state index in [4.69, 9.17) is 14.3 Å². The number of hydrogen-bond donors (Lipinski definition) is 7. The van der Waals surface area contributed by atoms with Crippen LogP contribution in [0.15, 0.2) is 51.2 Å². The van der Waals surface area contributed by atoms with Gasteiger partial charge in [-0.3, -0.25) is 24.0 Å². The van der Waals surface area contributed by atoms with E-state index in [2.05, 4.69) is 41.5 Å². The topological polar surface area (TPSA) is 249 Å². The SMILES string of the molecule is CC1(C)[C@@H](OC(=O)CCC(=O)O)CC[C@]2(C)[C@H]3C(=O)C=C4[C@@H]5C[C@@](C)(C(=O)O)CC[C@]5(C)CC[C@@]4(C)[C@]3(C)CC[C@@H]12.O=c1c(O)c(-c2ccc(O)c(O)c2)oc2cc(O)cc(O)c12. The molecular formula is C49H60O14. The maximum absolute atomic E-state index is 14.5. The van der Waals surface area contributed by atoms with Crippen LogP contribution < -0.4 is 5.43 Å². The van der Waals surface area contributed by atoms with E-state index in [9.17, 15) is 54.6 Å². The van der Waals surface area contributed by atoms with Crippen LogP contribution in [0.1, 0.15) is 119 Å². The molecule has 1 heterocycles. The molecule has 0 aliphatic heterocycles. The number of phenolic OH excluding ortho intramolecular Hbond substituents is 4. The maximum Gasteiger partial charge on any atom is 0.309 e. The minimum Gasteiger partial charge on any atom is -0.508 e.